The van der Waals surface area contributed by atoms with Crippen LogP contribution >= 0.6 is 0 Å². The summed E-state index contributed by atoms with van der Waals surface area (Å²) in [5, 5.41) is 0.229. The van der Waals surface area contributed by atoms with Crippen LogP contribution in [-0.4, -0.2) is 27.2 Å². The molecule has 0 aromatic heterocycles. The van der Waals surface area contributed by atoms with Crippen LogP contribution in [0, 0.1) is 11.8 Å². The van der Waals surface area contributed by atoms with Gasteiger partial charge in [-0.25, -0.2) is 0 Å². The van der Waals surface area contributed by atoms with E-state index < -0.39 is 11.4 Å². The van der Waals surface area contributed by atoms with Crippen molar-refractivity contribution in [1.82, 2.24) is 4.31 Å². The van der Waals surface area contributed by atoms with Crippen molar-refractivity contribution in [2.24, 2.45) is 11.8 Å². The zero-order valence-corrected chi connectivity index (χ0v) is 11.2. The average molecular weight is 219 g/mol. The molecule has 1 unspecified atom stereocenters. The van der Waals surface area contributed by atoms with Crippen LogP contribution in [0.3, 0.4) is 0 Å². The minimum atomic E-state index is -0.817. The molecule has 2 nitrogen and oxygen atoms in total. The van der Waals surface area contributed by atoms with Crippen molar-refractivity contribution in [1.29, 1.82) is 0 Å². The third-order valence-corrected chi connectivity index (χ3v) is 3.41. The maximum atomic E-state index is 12.0. The molecule has 86 valence electrons. The van der Waals surface area contributed by atoms with E-state index in [9.17, 15) is 4.55 Å². The number of hydrogen-bond donors (Lipinski definition) is 0. The van der Waals surface area contributed by atoms with E-state index >= 15 is 0 Å². The lowest BCUT2D eigenvalue weighted by Crippen LogP contribution is -2.40. The number of rotatable bonds is 6. The zero-order chi connectivity index (χ0) is 11.3. The Labute approximate surface area is 92.4 Å². The Morgan fingerprint density at radius 2 is 1.29 bits per heavy atom. The van der Waals surface area contributed by atoms with Gasteiger partial charge in [0, 0.05) is 24.5 Å². The van der Waals surface area contributed by atoms with Crippen molar-refractivity contribution in [3.63, 3.8) is 0 Å². The summed E-state index contributed by atoms with van der Waals surface area (Å²) >= 11 is -0.817. The molecule has 0 bridgehead atoms. The predicted molar refractivity (Wildman–Crippen MR) is 64.5 cm³/mol. The van der Waals surface area contributed by atoms with Gasteiger partial charge >= 0.3 is 0 Å². The third-order valence-electron chi connectivity index (χ3n) is 1.80. The summed E-state index contributed by atoms with van der Waals surface area (Å²) in [6.07, 6.45) is 0. The van der Waals surface area contributed by atoms with Gasteiger partial charge in [-0.15, -0.1) is 4.31 Å². The van der Waals surface area contributed by atoms with E-state index in [-0.39, 0.29) is 5.25 Å². The van der Waals surface area contributed by atoms with Gasteiger partial charge in [0.15, 0.2) is 0 Å². The molecule has 0 amide bonds. The fraction of sp³-hybridized carbons (Fsp3) is 1.00. The highest BCUT2D eigenvalue weighted by molar-refractivity contribution is 7.89. The molecule has 0 aliphatic carbocycles. The zero-order valence-electron chi connectivity index (χ0n) is 10.4. The van der Waals surface area contributed by atoms with Gasteiger partial charge in [0.05, 0.1) is 0 Å². The molecule has 0 aromatic carbocycles. The lowest BCUT2D eigenvalue weighted by molar-refractivity contribution is 0.330. The number of hydrogen-bond acceptors (Lipinski definition) is 2. The first-order valence-corrected chi connectivity index (χ1v) is 6.67. The first-order chi connectivity index (χ1) is 6.34. The van der Waals surface area contributed by atoms with Gasteiger partial charge in [0.2, 0.25) is 0 Å². The Morgan fingerprint density at radius 3 is 1.50 bits per heavy atom. The second-order valence-corrected chi connectivity index (χ2v) is 6.97. The van der Waals surface area contributed by atoms with E-state index in [1.807, 2.05) is 13.8 Å². The van der Waals surface area contributed by atoms with Crippen LogP contribution in [-0.2, 0) is 11.4 Å². The van der Waals surface area contributed by atoms with Gasteiger partial charge < -0.3 is 4.55 Å². The predicted octanol–water partition coefficient (Wildman–Crippen LogP) is 2.67. The normalized spacial score (nSPS) is 14.8. The quantitative estimate of drug-likeness (QED) is 0.642. The molecule has 3 heteroatoms. The molecule has 14 heavy (non-hydrogen) atoms. The van der Waals surface area contributed by atoms with E-state index in [0.29, 0.717) is 11.8 Å². The summed E-state index contributed by atoms with van der Waals surface area (Å²) in [5.74, 6) is 1.16. The molecule has 0 saturated heterocycles. The van der Waals surface area contributed by atoms with E-state index in [1.54, 1.807) is 0 Å². The largest absolute Gasteiger partial charge is 0.598 e. The summed E-state index contributed by atoms with van der Waals surface area (Å²) in [6.45, 7) is 14.6. The van der Waals surface area contributed by atoms with Gasteiger partial charge in [-0.3, -0.25) is 0 Å². The summed E-state index contributed by atoms with van der Waals surface area (Å²) in [7, 11) is 0. The van der Waals surface area contributed by atoms with E-state index in [4.69, 9.17) is 0 Å². The fourth-order valence-corrected chi connectivity index (χ4v) is 2.82. The maximum Gasteiger partial charge on any atom is 0.130 e. The van der Waals surface area contributed by atoms with E-state index in [0.717, 1.165) is 13.1 Å². The Morgan fingerprint density at radius 1 is 0.929 bits per heavy atom. The fourth-order valence-electron chi connectivity index (χ4n) is 1.33. The van der Waals surface area contributed by atoms with Crippen LogP contribution in [0.15, 0.2) is 0 Å². The Balaban J connectivity index is 4.22. The maximum absolute atomic E-state index is 12.0. The molecule has 0 heterocycles. The highest BCUT2D eigenvalue weighted by Crippen LogP contribution is 2.13. The SMILES string of the molecule is CC(C)CN(CC(C)C)[S+]([O-])C(C)C. The summed E-state index contributed by atoms with van der Waals surface area (Å²) < 4.78 is 14.1. The first-order valence-electron chi connectivity index (χ1n) is 5.50. The minimum Gasteiger partial charge on any atom is -0.598 e. The average Bonchev–Trinajstić information content (AvgIpc) is 1.99. The van der Waals surface area contributed by atoms with Crippen molar-refractivity contribution in [2.75, 3.05) is 13.1 Å². The molecular formula is C11H25NOS. The molecular weight excluding hydrogens is 194 g/mol. The molecule has 0 spiro atoms. The molecule has 0 fully saturated rings. The highest BCUT2D eigenvalue weighted by atomic mass is 32.2. The Hall–Kier alpha value is 0.270. The van der Waals surface area contributed by atoms with Crippen LogP contribution < -0.4 is 0 Å². The molecule has 0 saturated carbocycles. The third kappa shape index (κ3) is 5.89. The first kappa shape index (κ1) is 14.3. The van der Waals surface area contributed by atoms with E-state index in [2.05, 4.69) is 32.0 Å². The van der Waals surface area contributed by atoms with Crippen molar-refractivity contribution in [3.05, 3.63) is 0 Å². The van der Waals surface area contributed by atoms with Crippen molar-refractivity contribution >= 4 is 11.4 Å². The topological polar surface area (TPSA) is 26.3 Å². The van der Waals surface area contributed by atoms with Crippen molar-refractivity contribution in [3.8, 4) is 0 Å². The van der Waals surface area contributed by atoms with E-state index in [1.165, 1.54) is 0 Å². The van der Waals surface area contributed by atoms with Crippen LogP contribution in [0.25, 0.3) is 0 Å². The smallest absolute Gasteiger partial charge is 0.130 e. The lowest BCUT2D eigenvalue weighted by atomic mass is 10.2. The molecule has 0 aliphatic rings. The monoisotopic (exact) mass is 219 g/mol. The van der Waals surface area contributed by atoms with Gasteiger partial charge in [0.25, 0.3) is 0 Å². The summed E-state index contributed by atoms with van der Waals surface area (Å²) in [4.78, 5) is 0. The summed E-state index contributed by atoms with van der Waals surface area (Å²) in [6, 6.07) is 0. The molecule has 0 aliphatic heterocycles. The van der Waals surface area contributed by atoms with Crippen LogP contribution in [0.2, 0.25) is 0 Å². The standard InChI is InChI=1S/C11H25NOS/c1-9(2)7-12(8-10(3)4)14(13)11(5)6/h9-11H,7-8H2,1-6H3. The molecule has 0 aromatic rings. The lowest BCUT2D eigenvalue weighted by Gasteiger charge is -2.29. The molecule has 0 rings (SSSR count). The van der Waals surface area contributed by atoms with Gasteiger partial charge in [-0.2, -0.15) is 0 Å². The Bertz CT molecular complexity index is 138. The number of nitrogens with zero attached hydrogens (tertiary/aromatic N) is 1. The summed E-state index contributed by atoms with van der Waals surface area (Å²) in [5.41, 5.74) is 0. The molecule has 1 atom stereocenters. The second kappa shape index (κ2) is 6.70. The van der Waals surface area contributed by atoms with Crippen molar-refractivity contribution < 1.29 is 4.55 Å². The molecule has 0 radical (unpaired) electrons. The molecule has 0 N–H and O–H groups in total. The second-order valence-electron chi connectivity index (χ2n) is 4.96. The highest BCUT2D eigenvalue weighted by Gasteiger charge is 2.24. The van der Waals surface area contributed by atoms with Gasteiger partial charge in [-0.05, 0) is 25.7 Å². The van der Waals surface area contributed by atoms with Crippen LogP contribution in [0.1, 0.15) is 41.5 Å². The van der Waals surface area contributed by atoms with Gasteiger partial charge in [-0.1, -0.05) is 27.7 Å². The van der Waals surface area contributed by atoms with Crippen LogP contribution in [0.5, 0.6) is 0 Å². The minimum absolute atomic E-state index is 0.229. The van der Waals surface area contributed by atoms with Crippen molar-refractivity contribution in [2.45, 2.75) is 46.8 Å². The Kier molecular flexibility index (Phi) is 6.83. The van der Waals surface area contributed by atoms with Crippen LogP contribution in [0.4, 0.5) is 0 Å². The van der Waals surface area contributed by atoms with Gasteiger partial charge in [0.1, 0.15) is 5.25 Å².